The third kappa shape index (κ3) is 1.40. The first-order valence-electron chi connectivity index (χ1n) is 3.59. The molecule has 0 spiro atoms. The predicted molar refractivity (Wildman–Crippen MR) is 43.9 cm³/mol. The fraction of sp³-hybridized carbons (Fsp3) is 1.00. The van der Waals surface area contributed by atoms with Crippen LogP contribution in [0.4, 0.5) is 0 Å². The summed E-state index contributed by atoms with van der Waals surface area (Å²) in [7, 11) is -1.34. The molecule has 1 aliphatic rings. The lowest BCUT2D eigenvalue weighted by Crippen LogP contribution is -2.42. The lowest BCUT2D eigenvalue weighted by Gasteiger charge is -2.15. The number of aliphatic hydroxyl groups excluding tert-OH is 3. The van der Waals surface area contributed by atoms with Crippen molar-refractivity contribution in [2.45, 2.75) is 29.6 Å². The van der Waals surface area contributed by atoms with E-state index in [0.29, 0.717) is 0 Å². The van der Waals surface area contributed by atoms with Gasteiger partial charge in [0.1, 0.15) is 6.10 Å². The molecule has 0 bridgehead atoms. The average Bonchev–Trinajstić information content (AvgIpc) is 2.16. The van der Waals surface area contributed by atoms with Crippen LogP contribution in [0, 0.1) is 0 Å². The van der Waals surface area contributed by atoms with Crippen molar-refractivity contribution in [2.24, 2.45) is 5.73 Å². The van der Waals surface area contributed by atoms with Crippen molar-refractivity contribution in [1.82, 2.24) is 0 Å². The molecule has 12 heavy (non-hydrogen) atoms. The van der Waals surface area contributed by atoms with Crippen molar-refractivity contribution in [3.8, 4) is 0 Å². The lowest BCUT2D eigenvalue weighted by molar-refractivity contribution is -0.0200. The standard InChI is InChI=1S/C6H13NO4S/c1-12(11)6-2(7)3(8)4(9)5(6)10/h2-6,8-10H,7H2,1H3/t2-,3+,4+,5+,6?,12?/m0/s1. The van der Waals surface area contributed by atoms with Gasteiger partial charge in [0.2, 0.25) is 0 Å². The maximum Gasteiger partial charge on any atom is 0.108 e. The highest BCUT2D eigenvalue weighted by atomic mass is 32.2. The van der Waals surface area contributed by atoms with E-state index < -0.39 is 40.4 Å². The van der Waals surface area contributed by atoms with Gasteiger partial charge in [-0.15, -0.1) is 0 Å². The van der Waals surface area contributed by atoms with E-state index in [9.17, 15) is 14.4 Å². The second kappa shape index (κ2) is 3.39. The van der Waals surface area contributed by atoms with Crippen LogP contribution in [0.2, 0.25) is 0 Å². The second-order valence-electron chi connectivity index (χ2n) is 3.01. The third-order valence-corrected chi connectivity index (χ3v) is 3.55. The van der Waals surface area contributed by atoms with Crippen LogP contribution in [0.25, 0.3) is 0 Å². The molecule has 2 unspecified atom stereocenters. The molecule has 0 aromatic heterocycles. The Kier molecular flexibility index (Phi) is 2.84. The van der Waals surface area contributed by atoms with Gasteiger partial charge in [0.05, 0.1) is 23.5 Å². The molecule has 1 fully saturated rings. The molecule has 1 aliphatic carbocycles. The Morgan fingerprint density at radius 2 is 1.67 bits per heavy atom. The fourth-order valence-corrected chi connectivity index (χ4v) is 2.62. The average molecular weight is 195 g/mol. The number of hydrogen-bond acceptors (Lipinski definition) is 5. The summed E-state index contributed by atoms with van der Waals surface area (Å²) in [6.45, 7) is 0. The Morgan fingerprint density at radius 1 is 1.17 bits per heavy atom. The van der Waals surface area contributed by atoms with E-state index in [1.165, 1.54) is 6.26 Å². The zero-order chi connectivity index (χ0) is 9.46. The zero-order valence-corrected chi connectivity index (χ0v) is 7.44. The van der Waals surface area contributed by atoms with Crippen molar-refractivity contribution in [3.63, 3.8) is 0 Å². The minimum atomic E-state index is -1.34. The largest absolute Gasteiger partial charge is 0.389 e. The van der Waals surface area contributed by atoms with Gasteiger partial charge in [0, 0.05) is 17.1 Å². The van der Waals surface area contributed by atoms with E-state index in [1.807, 2.05) is 0 Å². The molecule has 6 heteroatoms. The molecular formula is C6H13NO4S. The van der Waals surface area contributed by atoms with Crippen molar-refractivity contribution in [3.05, 3.63) is 0 Å². The first kappa shape index (κ1) is 10.1. The summed E-state index contributed by atoms with van der Waals surface area (Å²) >= 11 is 0. The highest BCUT2D eigenvalue weighted by Crippen LogP contribution is 2.23. The molecule has 0 radical (unpaired) electrons. The summed E-state index contributed by atoms with van der Waals surface area (Å²) in [5, 5.41) is 26.9. The summed E-state index contributed by atoms with van der Waals surface area (Å²) in [6, 6.07) is -0.819. The Bertz CT molecular complexity index is 186. The summed E-state index contributed by atoms with van der Waals surface area (Å²) in [6.07, 6.45) is -2.28. The van der Waals surface area contributed by atoms with Gasteiger partial charge in [0.15, 0.2) is 0 Å². The van der Waals surface area contributed by atoms with Crippen molar-refractivity contribution < 1.29 is 19.5 Å². The minimum Gasteiger partial charge on any atom is -0.389 e. The van der Waals surface area contributed by atoms with E-state index in [4.69, 9.17) is 10.8 Å². The molecular weight excluding hydrogens is 182 g/mol. The van der Waals surface area contributed by atoms with Crippen LogP contribution in [0.1, 0.15) is 0 Å². The van der Waals surface area contributed by atoms with Crippen molar-refractivity contribution in [2.75, 3.05) is 6.26 Å². The third-order valence-electron chi connectivity index (χ3n) is 2.19. The van der Waals surface area contributed by atoms with E-state index in [-0.39, 0.29) is 0 Å². The molecule has 0 amide bonds. The van der Waals surface area contributed by atoms with Crippen LogP contribution in [-0.2, 0) is 10.8 Å². The normalized spacial score (nSPS) is 50.9. The van der Waals surface area contributed by atoms with Gasteiger partial charge in [-0.25, -0.2) is 0 Å². The molecule has 1 rings (SSSR count). The monoisotopic (exact) mass is 195 g/mol. The number of nitrogens with two attached hydrogens (primary N) is 1. The Hall–Kier alpha value is -0.0100. The maximum atomic E-state index is 11.0. The highest BCUT2D eigenvalue weighted by Gasteiger charge is 2.48. The number of aliphatic hydroxyl groups is 3. The van der Waals surface area contributed by atoms with Gasteiger partial charge < -0.3 is 21.1 Å². The van der Waals surface area contributed by atoms with Gasteiger partial charge in [-0.1, -0.05) is 0 Å². The molecule has 5 nitrogen and oxygen atoms in total. The Balaban J connectivity index is 2.83. The zero-order valence-electron chi connectivity index (χ0n) is 6.62. The SMILES string of the molecule is CS(=O)C1[C@@H](N)[C@@H](O)[C@@H](O)[C@H]1O. The molecule has 0 saturated heterocycles. The van der Waals surface area contributed by atoms with Gasteiger partial charge in [-0.05, 0) is 0 Å². The highest BCUT2D eigenvalue weighted by molar-refractivity contribution is 7.85. The summed E-state index contributed by atoms with van der Waals surface area (Å²) < 4.78 is 11.0. The van der Waals surface area contributed by atoms with Crippen LogP contribution in [-0.4, -0.2) is 55.4 Å². The smallest absolute Gasteiger partial charge is 0.108 e. The lowest BCUT2D eigenvalue weighted by atomic mass is 10.2. The first-order chi connectivity index (χ1) is 5.46. The van der Waals surface area contributed by atoms with Crippen molar-refractivity contribution >= 4 is 10.8 Å². The predicted octanol–water partition coefficient (Wildman–Crippen LogP) is -2.84. The minimum absolute atomic E-state index is 0.741. The van der Waals surface area contributed by atoms with E-state index in [1.54, 1.807) is 0 Å². The second-order valence-corrected chi connectivity index (χ2v) is 4.55. The Morgan fingerprint density at radius 3 is 1.83 bits per heavy atom. The van der Waals surface area contributed by atoms with E-state index >= 15 is 0 Å². The molecule has 1 saturated carbocycles. The van der Waals surface area contributed by atoms with Gasteiger partial charge in [0.25, 0.3) is 0 Å². The quantitative estimate of drug-likeness (QED) is 0.361. The molecule has 72 valence electrons. The van der Waals surface area contributed by atoms with E-state index in [0.717, 1.165) is 0 Å². The molecule has 0 aliphatic heterocycles. The number of hydrogen-bond donors (Lipinski definition) is 4. The Labute approximate surface area is 72.7 Å². The van der Waals surface area contributed by atoms with Gasteiger partial charge in [-0.3, -0.25) is 4.21 Å². The molecule has 0 aromatic rings. The van der Waals surface area contributed by atoms with Crippen LogP contribution < -0.4 is 5.73 Å². The number of rotatable bonds is 1. The van der Waals surface area contributed by atoms with Crippen LogP contribution in [0.15, 0.2) is 0 Å². The molecule has 0 heterocycles. The van der Waals surface area contributed by atoms with Gasteiger partial charge in [-0.2, -0.15) is 0 Å². The molecule has 6 atom stereocenters. The topological polar surface area (TPSA) is 104 Å². The summed E-state index contributed by atoms with van der Waals surface area (Å²) in [5.74, 6) is 0. The summed E-state index contributed by atoms with van der Waals surface area (Å²) in [5.41, 5.74) is 5.44. The van der Waals surface area contributed by atoms with E-state index in [2.05, 4.69) is 0 Å². The molecule has 0 aromatic carbocycles. The fourth-order valence-electron chi connectivity index (χ4n) is 1.46. The molecule has 5 N–H and O–H groups in total. The maximum absolute atomic E-state index is 11.0. The van der Waals surface area contributed by atoms with Crippen molar-refractivity contribution in [1.29, 1.82) is 0 Å². The van der Waals surface area contributed by atoms with Crippen LogP contribution in [0.3, 0.4) is 0 Å². The summed E-state index contributed by atoms with van der Waals surface area (Å²) in [4.78, 5) is 0. The van der Waals surface area contributed by atoms with Gasteiger partial charge >= 0.3 is 0 Å². The van der Waals surface area contributed by atoms with Crippen LogP contribution in [0.5, 0.6) is 0 Å². The first-order valence-corrected chi connectivity index (χ1v) is 5.21. The van der Waals surface area contributed by atoms with Crippen LogP contribution >= 0.6 is 0 Å².